The second-order valence-corrected chi connectivity index (χ2v) is 4.42. The first kappa shape index (κ1) is 11.1. The number of hydrogen-bond donors (Lipinski definition) is 3. The van der Waals surface area contributed by atoms with E-state index in [0.717, 1.165) is 17.2 Å². The molecule has 3 N–H and O–H groups in total. The van der Waals surface area contributed by atoms with Crippen molar-refractivity contribution in [2.24, 2.45) is 20.0 Å². The summed E-state index contributed by atoms with van der Waals surface area (Å²) in [4.78, 5) is 17.1. The molecule has 0 saturated carbocycles. The van der Waals surface area contributed by atoms with Crippen molar-refractivity contribution < 1.29 is 0 Å². The van der Waals surface area contributed by atoms with Crippen molar-refractivity contribution in [3.05, 3.63) is 24.3 Å². The van der Waals surface area contributed by atoms with Gasteiger partial charge in [-0.15, -0.1) is 5.53 Å². The second-order valence-electron chi connectivity index (χ2n) is 4.42. The molecule has 1 aromatic carbocycles. The van der Waals surface area contributed by atoms with E-state index < -0.39 is 0 Å². The molecular formula is C12H12N8. The van der Waals surface area contributed by atoms with Gasteiger partial charge in [-0.05, 0) is 12.1 Å². The van der Waals surface area contributed by atoms with Crippen molar-refractivity contribution in [3.8, 4) is 0 Å². The third kappa shape index (κ3) is 1.74. The minimum absolute atomic E-state index is 0.203. The lowest BCUT2D eigenvalue weighted by Gasteiger charge is -2.18. The number of nitrogens with one attached hydrogen (secondary N) is 3. The van der Waals surface area contributed by atoms with Gasteiger partial charge in [0.05, 0.1) is 17.7 Å². The Kier molecular flexibility index (Phi) is 2.46. The van der Waals surface area contributed by atoms with Crippen LogP contribution in [0.4, 0.5) is 11.4 Å². The zero-order valence-electron chi connectivity index (χ0n) is 10.5. The van der Waals surface area contributed by atoms with Gasteiger partial charge in [0.2, 0.25) is 0 Å². The summed E-state index contributed by atoms with van der Waals surface area (Å²) >= 11 is 0. The Labute approximate surface area is 115 Å². The van der Waals surface area contributed by atoms with Crippen LogP contribution in [0, 0.1) is 0 Å². The molecule has 20 heavy (non-hydrogen) atoms. The number of hydrogen-bond acceptors (Lipinski definition) is 7. The Morgan fingerprint density at radius 1 is 1.30 bits per heavy atom. The lowest BCUT2D eigenvalue weighted by Crippen LogP contribution is -2.41. The van der Waals surface area contributed by atoms with Crippen molar-refractivity contribution in [1.82, 2.24) is 10.9 Å². The summed E-state index contributed by atoms with van der Waals surface area (Å²) in [5.74, 6) is 1.43. The van der Waals surface area contributed by atoms with Gasteiger partial charge in [0.25, 0.3) is 0 Å². The van der Waals surface area contributed by atoms with Crippen LogP contribution in [-0.4, -0.2) is 37.1 Å². The van der Waals surface area contributed by atoms with Crippen molar-refractivity contribution >= 4 is 35.7 Å². The lowest BCUT2D eigenvalue weighted by molar-refractivity contribution is 0.736. The molecule has 8 nitrogen and oxygen atoms in total. The number of para-hydroxylation sites is 2. The van der Waals surface area contributed by atoms with Gasteiger partial charge >= 0.3 is 0 Å². The first-order chi connectivity index (χ1) is 9.92. The average molecular weight is 268 g/mol. The number of hydrazine groups is 2. The molecule has 1 aromatic rings. The Balaban J connectivity index is 1.55. The number of nitrogens with zero attached hydrogens (tertiary/aromatic N) is 5. The van der Waals surface area contributed by atoms with Gasteiger partial charge in [-0.2, -0.15) is 0 Å². The number of aliphatic imine (C=N–C) groups is 4. The number of rotatable bonds is 2. The van der Waals surface area contributed by atoms with Gasteiger partial charge in [-0.3, -0.25) is 10.0 Å². The standard InChI is InChI=1S/C12H12N8/c1-2-4-9-8(3-1)18-19-20(9)7-17-12-10-11(14-5-13-10)15-6-16-12/h1-6,10,18-19H,7H2,(H,13,14,15,16,17)/t10-/m1/s1. The molecule has 0 aliphatic carbocycles. The normalized spacial score (nSPS) is 24.2. The molecule has 0 aromatic heterocycles. The molecule has 3 aliphatic rings. The van der Waals surface area contributed by atoms with E-state index in [9.17, 15) is 0 Å². The van der Waals surface area contributed by atoms with Crippen LogP contribution in [0.15, 0.2) is 44.2 Å². The first-order valence-electron chi connectivity index (χ1n) is 6.23. The number of benzene rings is 1. The fraction of sp³-hybridized carbons (Fsp3) is 0.167. The Morgan fingerprint density at radius 2 is 2.25 bits per heavy atom. The molecule has 0 saturated heterocycles. The molecule has 1 atom stereocenters. The summed E-state index contributed by atoms with van der Waals surface area (Å²) in [5.41, 5.74) is 8.23. The van der Waals surface area contributed by atoms with E-state index in [0.29, 0.717) is 12.5 Å². The van der Waals surface area contributed by atoms with Crippen LogP contribution < -0.4 is 21.3 Å². The zero-order chi connectivity index (χ0) is 13.4. The van der Waals surface area contributed by atoms with Crippen LogP contribution in [-0.2, 0) is 0 Å². The molecule has 0 unspecified atom stereocenters. The summed E-state index contributed by atoms with van der Waals surface area (Å²) in [6.45, 7) is 0.440. The zero-order valence-corrected chi connectivity index (χ0v) is 10.5. The van der Waals surface area contributed by atoms with Crippen LogP contribution in [0.2, 0.25) is 0 Å². The quantitative estimate of drug-likeness (QED) is 0.711. The predicted octanol–water partition coefficient (Wildman–Crippen LogP) is 0.135. The van der Waals surface area contributed by atoms with E-state index in [4.69, 9.17) is 0 Å². The maximum Gasteiger partial charge on any atom is 0.168 e. The summed E-state index contributed by atoms with van der Waals surface area (Å²) in [7, 11) is 0. The lowest BCUT2D eigenvalue weighted by atomic mass is 10.2. The molecule has 0 fully saturated rings. The Bertz CT molecular complexity index is 659. The highest BCUT2D eigenvalue weighted by Gasteiger charge is 2.27. The van der Waals surface area contributed by atoms with E-state index in [2.05, 4.69) is 36.2 Å². The summed E-state index contributed by atoms with van der Waals surface area (Å²) < 4.78 is 0. The molecule has 0 bridgehead atoms. The van der Waals surface area contributed by atoms with Crippen LogP contribution >= 0.6 is 0 Å². The fourth-order valence-electron chi connectivity index (χ4n) is 2.23. The second kappa shape index (κ2) is 4.42. The van der Waals surface area contributed by atoms with Crippen LogP contribution in [0.1, 0.15) is 0 Å². The number of fused-ring (bicyclic) bond motifs is 2. The molecule has 0 radical (unpaired) electrons. The monoisotopic (exact) mass is 268 g/mol. The molecule has 0 amide bonds. The Morgan fingerprint density at radius 3 is 3.25 bits per heavy atom. The van der Waals surface area contributed by atoms with Crippen molar-refractivity contribution in [1.29, 1.82) is 0 Å². The maximum atomic E-state index is 4.51. The van der Waals surface area contributed by atoms with Crippen LogP contribution in [0.5, 0.6) is 0 Å². The van der Waals surface area contributed by atoms with E-state index in [1.807, 2.05) is 29.3 Å². The highest BCUT2D eigenvalue weighted by atomic mass is 15.7. The highest BCUT2D eigenvalue weighted by molar-refractivity contribution is 6.21. The molecule has 0 spiro atoms. The first-order valence-corrected chi connectivity index (χ1v) is 6.23. The van der Waals surface area contributed by atoms with E-state index in [1.54, 1.807) is 6.34 Å². The average Bonchev–Trinajstić information content (AvgIpc) is 3.12. The van der Waals surface area contributed by atoms with Gasteiger partial charge in [-0.25, -0.2) is 15.0 Å². The van der Waals surface area contributed by atoms with Gasteiger partial charge in [-0.1, -0.05) is 12.1 Å². The predicted molar refractivity (Wildman–Crippen MR) is 79.3 cm³/mol. The minimum atomic E-state index is -0.203. The molecule has 3 aliphatic heterocycles. The summed E-state index contributed by atoms with van der Waals surface area (Å²) in [6, 6.07) is 7.79. The molecule has 8 heteroatoms. The van der Waals surface area contributed by atoms with E-state index in [1.165, 1.54) is 6.34 Å². The van der Waals surface area contributed by atoms with Gasteiger partial charge in [0, 0.05) is 0 Å². The van der Waals surface area contributed by atoms with Gasteiger partial charge in [0.1, 0.15) is 18.8 Å². The smallest absolute Gasteiger partial charge is 0.168 e. The number of anilines is 2. The third-order valence-electron chi connectivity index (χ3n) is 3.22. The fourth-order valence-corrected chi connectivity index (χ4v) is 2.23. The van der Waals surface area contributed by atoms with Crippen molar-refractivity contribution in [2.75, 3.05) is 17.1 Å². The van der Waals surface area contributed by atoms with Crippen LogP contribution in [0.3, 0.4) is 0 Å². The maximum absolute atomic E-state index is 4.51. The van der Waals surface area contributed by atoms with Gasteiger partial charge in [0.15, 0.2) is 11.9 Å². The van der Waals surface area contributed by atoms with Gasteiger partial charge < -0.3 is 10.7 Å². The molecule has 100 valence electrons. The highest BCUT2D eigenvalue weighted by Crippen LogP contribution is 2.27. The van der Waals surface area contributed by atoms with Crippen molar-refractivity contribution in [2.45, 2.75) is 6.04 Å². The molecular weight excluding hydrogens is 256 g/mol. The summed E-state index contributed by atoms with van der Waals surface area (Å²) in [5, 5.41) is 4.88. The third-order valence-corrected chi connectivity index (χ3v) is 3.22. The topological polar surface area (TPSA) is 88.8 Å². The molecule has 3 heterocycles. The largest absolute Gasteiger partial charge is 0.332 e. The van der Waals surface area contributed by atoms with Crippen LogP contribution in [0.25, 0.3) is 0 Å². The summed E-state index contributed by atoms with van der Waals surface area (Å²) in [6.07, 6.45) is 3.12. The van der Waals surface area contributed by atoms with Crippen molar-refractivity contribution in [3.63, 3.8) is 0 Å². The Hall–Kier alpha value is -2.74. The number of amidine groups is 2. The molecule has 4 rings (SSSR count). The SMILES string of the molecule is C1=NC(=NCN2NNc3ccccc32)[C@@H]2N=CN=C2N1. The van der Waals surface area contributed by atoms with E-state index in [-0.39, 0.29) is 6.04 Å². The minimum Gasteiger partial charge on any atom is -0.332 e. The van der Waals surface area contributed by atoms with E-state index >= 15 is 0 Å².